The lowest BCUT2D eigenvalue weighted by atomic mass is 10.1. The Morgan fingerprint density at radius 1 is 1.28 bits per heavy atom. The summed E-state index contributed by atoms with van der Waals surface area (Å²) in [5.74, 6) is 1.24. The zero-order valence-corrected chi connectivity index (χ0v) is 14.7. The summed E-state index contributed by atoms with van der Waals surface area (Å²) in [6, 6.07) is 12.9. The smallest absolute Gasteiger partial charge is 0.251 e. The summed E-state index contributed by atoms with van der Waals surface area (Å²) in [4.78, 5) is 16.7. The number of aromatic nitrogens is 2. The van der Waals surface area contributed by atoms with Gasteiger partial charge in [0.25, 0.3) is 5.91 Å². The van der Waals surface area contributed by atoms with Crippen LogP contribution < -0.4 is 10.1 Å². The van der Waals surface area contributed by atoms with Crippen LogP contribution in [0.25, 0.3) is 5.69 Å². The van der Waals surface area contributed by atoms with E-state index in [1.54, 1.807) is 24.4 Å². The van der Waals surface area contributed by atoms with Crippen molar-refractivity contribution in [2.75, 3.05) is 7.11 Å². The van der Waals surface area contributed by atoms with E-state index < -0.39 is 0 Å². The van der Waals surface area contributed by atoms with Crippen LogP contribution in [0.15, 0.2) is 54.9 Å². The number of nitrogens with one attached hydrogen (secondary N) is 1. The molecule has 0 aliphatic heterocycles. The quantitative estimate of drug-likeness (QED) is 0.758. The lowest BCUT2D eigenvalue weighted by Gasteiger charge is -2.13. The minimum absolute atomic E-state index is 0.193. The molecule has 0 radical (unpaired) electrons. The standard InChI is InChI=1S/C19H18ClN3O2/c1-13-21-9-10-23(13)17-6-4-3-5-15(17)12-22-19(24)14-7-8-18(25-2)16(20)11-14/h3-11H,12H2,1-2H3,(H,22,24). The molecule has 25 heavy (non-hydrogen) atoms. The van der Waals surface area contributed by atoms with Crippen molar-refractivity contribution in [1.29, 1.82) is 0 Å². The normalized spacial score (nSPS) is 10.5. The highest BCUT2D eigenvalue weighted by Gasteiger charge is 2.11. The summed E-state index contributed by atoms with van der Waals surface area (Å²) in [5, 5.41) is 3.34. The molecule has 6 heteroatoms. The van der Waals surface area contributed by atoms with E-state index in [-0.39, 0.29) is 5.91 Å². The molecule has 0 saturated carbocycles. The molecule has 1 aromatic heterocycles. The lowest BCUT2D eigenvalue weighted by molar-refractivity contribution is 0.0951. The van der Waals surface area contributed by atoms with Crippen molar-refractivity contribution < 1.29 is 9.53 Å². The van der Waals surface area contributed by atoms with Crippen LogP contribution in [-0.4, -0.2) is 22.6 Å². The fourth-order valence-corrected chi connectivity index (χ4v) is 2.87. The molecule has 0 saturated heterocycles. The molecule has 0 aliphatic carbocycles. The first-order valence-corrected chi connectivity index (χ1v) is 8.18. The second-order valence-electron chi connectivity index (χ2n) is 5.51. The fraction of sp³-hybridized carbons (Fsp3) is 0.158. The molecule has 3 aromatic rings. The highest BCUT2D eigenvalue weighted by Crippen LogP contribution is 2.25. The van der Waals surface area contributed by atoms with E-state index in [0.717, 1.165) is 17.1 Å². The molecule has 0 spiro atoms. The monoisotopic (exact) mass is 355 g/mol. The van der Waals surface area contributed by atoms with Gasteiger partial charge in [0.05, 0.1) is 17.8 Å². The van der Waals surface area contributed by atoms with Gasteiger partial charge in [-0.1, -0.05) is 29.8 Å². The molecular weight excluding hydrogens is 338 g/mol. The van der Waals surface area contributed by atoms with Crippen LogP contribution in [0.3, 0.4) is 0 Å². The molecule has 5 nitrogen and oxygen atoms in total. The number of aryl methyl sites for hydroxylation is 1. The first-order valence-electron chi connectivity index (χ1n) is 7.80. The minimum atomic E-state index is -0.193. The molecular formula is C19H18ClN3O2. The van der Waals surface area contributed by atoms with E-state index >= 15 is 0 Å². The minimum Gasteiger partial charge on any atom is -0.495 e. The largest absolute Gasteiger partial charge is 0.495 e. The molecule has 1 heterocycles. The SMILES string of the molecule is COc1ccc(C(=O)NCc2ccccc2-n2ccnc2C)cc1Cl. The number of carbonyl (C=O) groups is 1. The number of imidazole rings is 1. The Bertz CT molecular complexity index is 905. The van der Waals surface area contributed by atoms with Crippen molar-refractivity contribution in [3.63, 3.8) is 0 Å². The molecule has 3 rings (SSSR count). The summed E-state index contributed by atoms with van der Waals surface area (Å²) in [7, 11) is 1.54. The van der Waals surface area contributed by atoms with E-state index in [1.807, 2.05) is 42.0 Å². The van der Waals surface area contributed by atoms with Gasteiger partial charge < -0.3 is 14.6 Å². The van der Waals surface area contributed by atoms with Crippen molar-refractivity contribution in [2.45, 2.75) is 13.5 Å². The Hall–Kier alpha value is -2.79. The van der Waals surface area contributed by atoms with Gasteiger partial charge in [0, 0.05) is 24.5 Å². The molecule has 0 atom stereocenters. The lowest BCUT2D eigenvalue weighted by Crippen LogP contribution is -2.23. The maximum Gasteiger partial charge on any atom is 0.251 e. The highest BCUT2D eigenvalue weighted by molar-refractivity contribution is 6.32. The van der Waals surface area contributed by atoms with Gasteiger partial charge in [-0.2, -0.15) is 0 Å². The number of benzene rings is 2. The van der Waals surface area contributed by atoms with Crippen LogP contribution in [0.4, 0.5) is 0 Å². The Morgan fingerprint density at radius 3 is 2.76 bits per heavy atom. The van der Waals surface area contributed by atoms with Gasteiger partial charge in [0.15, 0.2) is 0 Å². The second-order valence-corrected chi connectivity index (χ2v) is 5.91. The Morgan fingerprint density at radius 2 is 2.08 bits per heavy atom. The van der Waals surface area contributed by atoms with Crippen molar-refractivity contribution in [3.05, 3.63) is 76.8 Å². The van der Waals surface area contributed by atoms with Crippen LogP contribution >= 0.6 is 11.6 Å². The fourth-order valence-electron chi connectivity index (χ4n) is 2.61. The van der Waals surface area contributed by atoms with Gasteiger partial charge in [0.2, 0.25) is 0 Å². The van der Waals surface area contributed by atoms with Gasteiger partial charge >= 0.3 is 0 Å². The molecule has 128 valence electrons. The van der Waals surface area contributed by atoms with Gasteiger partial charge in [-0.15, -0.1) is 0 Å². The van der Waals surface area contributed by atoms with Crippen molar-refractivity contribution in [3.8, 4) is 11.4 Å². The number of hydrogen-bond acceptors (Lipinski definition) is 3. The van der Waals surface area contributed by atoms with E-state index in [0.29, 0.717) is 22.9 Å². The average Bonchev–Trinajstić information content (AvgIpc) is 3.05. The topological polar surface area (TPSA) is 56.1 Å². The maximum atomic E-state index is 12.4. The van der Waals surface area contributed by atoms with Crippen LogP contribution in [0.5, 0.6) is 5.75 Å². The van der Waals surface area contributed by atoms with Crippen LogP contribution in [0.1, 0.15) is 21.7 Å². The second kappa shape index (κ2) is 7.40. The number of rotatable bonds is 5. The summed E-state index contributed by atoms with van der Waals surface area (Å²) in [5.41, 5.74) is 2.48. The van der Waals surface area contributed by atoms with E-state index in [2.05, 4.69) is 10.3 Å². The van der Waals surface area contributed by atoms with Gasteiger partial charge in [-0.3, -0.25) is 4.79 Å². The zero-order valence-electron chi connectivity index (χ0n) is 14.0. The summed E-state index contributed by atoms with van der Waals surface area (Å²) >= 11 is 6.09. The number of carbonyl (C=O) groups excluding carboxylic acids is 1. The predicted octanol–water partition coefficient (Wildman–Crippen LogP) is 3.77. The van der Waals surface area contributed by atoms with E-state index in [1.165, 1.54) is 7.11 Å². The molecule has 1 N–H and O–H groups in total. The van der Waals surface area contributed by atoms with Crippen LogP contribution in [0, 0.1) is 6.92 Å². The summed E-state index contributed by atoms with van der Waals surface area (Å²) in [6.45, 7) is 2.34. The third kappa shape index (κ3) is 3.67. The number of halogens is 1. The Labute approximate surface area is 151 Å². The number of hydrogen-bond donors (Lipinski definition) is 1. The summed E-state index contributed by atoms with van der Waals surface area (Å²) < 4.78 is 7.10. The van der Waals surface area contributed by atoms with Crippen LogP contribution in [-0.2, 0) is 6.54 Å². The molecule has 0 aliphatic rings. The first kappa shape index (κ1) is 17.0. The van der Waals surface area contributed by atoms with Crippen LogP contribution in [0.2, 0.25) is 5.02 Å². The van der Waals surface area contributed by atoms with Crippen molar-refractivity contribution in [2.24, 2.45) is 0 Å². The summed E-state index contributed by atoms with van der Waals surface area (Å²) in [6.07, 6.45) is 3.66. The van der Waals surface area contributed by atoms with E-state index in [9.17, 15) is 4.79 Å². The van der Waals surface area contributed by atoms with Crippen molar-refractivity contribution in [1.82, 2.24) is 14.9 Å². The molecule has 2 aromatic carbocycles. The van der Waals surface area contributed by atoms with Gasteiger partial charge in [-0.25, -0.2) is 4.98 Å². The van der Waals surface area contributed by atoms with E-state index in [4.69, 9.17) is 16.3 Å². The molecule has 1 amide bonds. The Balaban J connectivity index is 1.77. The van der Waals surface area contributed by atoms with Gasteiger partial charge in [0.1, 0.15) is 11.6 Å². The predicted molar refractivity (Wildman–Crippen MR) is 97.5 cm³/mol. The third-order valence-corrected chi connectivity index (χ3v) is 4.23. The first-order chi connectivity index (χ1) is 12.1. The number of ether oxygens (including phenoxy) is 1. The Kier molecular flexibility index (Phi) is 5.05. The number of methoxy groups -OCH3 is 1. The number of para-hydroxylation sites is 1. The zero-order chi connectivity index (χ0) is 17.8. The molecule has 0 unspecified atom stereocenters. The number of amides is 1. The average molecular weight is 356 g/mol. The third-order valence-electron chi connectivity index (χ3n) is 3.93. The molecule has 0 bridgehead atoms. The van der Waals surface area contributed by atoms with Gasteiger partial charge in [-0.05, 0) is 36.8 Å². The molecule has 0 fully saturated rings. The number of nitrogens with zero attached hydrogens (tertiary/aromatic N) is 2. The highest BCUT2D eigenvalue weighted by atomic mass is 35.5. The van der Waals surface area contributed by atoms with Crippen molar-refractivity contribution >= 4 is 17.5 Å². The maximum absolute atomic E-state index is 12.4.